The van der Waals surface area contributed by atoms with Crippen molar-refractivity contribution in [1.29, 1.82) is 0 Å². The summed E-state index contributed by atoms with van der Waals surface area (Å²) >= 11 is 3.22. The third-order valence-electron chi connectivity index (χ3n) is 2.84. The maximum Gasteiger partial charge on any atom is 0.263 e. The van der Waals surface area contributed by atoms with E-state index in [1.807, 2.05) is 13.0 Å². The fourth-order valence-electron chi connectivity index (χ4n) is 1.83. The molecule has 0 aliphatic carbocycles. The molecule has 112 valence electrons. The summed E-state index contributed by atoms with van der Waals surface area (Å²) < 4.78 is 33.1. The molecule has 0 bridgehead atoms. The number of hydrogen-bond donors (Lipinski definition) is 2. The van der Waals surface area contributed by atoms with Gasteiger partial charge in [0.25, 0.3) is 10.0 Å². The minimum Gasteiger partial charge on any atom is -0.495 e. The van der Waals surface area contributed by atoms with Gasteiger partial charge in [0.05, 0.1) is 12.8 Å². The van der Waals surface area contributed by atoms with Crippen LogP contribution in [0.15, 0.2) is 45.8 Å². The van der Waals surface area contributed by atoms with Crippen molar-refractivity contribution in [2.45, 2.75) is 11.8 Å². The lowest BCUT2D eigenvalue weighted by molar-refractivity contribution is 0.417. The third kappa shape index (κ3) is 3.48. The first-order valence-electron chi connectivity index (χ1n) is 6.06. The number of rotatable bonds is 4. The van der Waals surface area contributed by atoms with E-state index >= 15 is 0 Å². The van der Waals surface area contributed by atoms with E-state index in [1.165, 1.54) is 13.2 Å². The highest BCUT2D eigenvalue weighted by molar-refractivity contribution is 9.10. The molecular weight excluding hydrogens is 356 g/mol. The molecule has 0 saturated heterocycles. The molecule has 2 aromatic carbocycles. The summed E-state index contributed by atoms with van der Waals surface area (Å²) in [7, 11) is -2.29. The predicted molar refractivity (Wildman–Crippen MR) is 87.1 cm³/mol. The van der Waals surface area contributed by atoms with Gasteiger partial charge in [-0.05, 0) is 58.7 Å². The van der Waals surface area contributed by atoms with E-state index in [9.17, 15) is 8.42 Å². The van der Waals surface area contributed by atoms with Gasteiger partial charge in [0.15, 0.2) is 0 Å². The van der Waals surface area contributed by atoms with Gasteiger partial charge in [0.1, 0.15) is 10.6 Å². The van der Waals surface area contributed by atoms with E-state index in [1.54, 1.807) is 24.3 Å². The van der Waals surface area contributed by atoms with Gasteiger partial charge in [0.2, 0.25) is 0 Å². The second kappa shape index (κ2) is 5.95. The number of methoxy groups -OCH3 is 1. The molecule has 3 N–H and O–H groups in total. The number of nitrogen functional groups attached to an aromatic ring is 1. The minimum atomic E-state index is -3.77. The van der Waals surface area contributed by atoms with Gasteiger partial charge in [-0.15, -0.1) is 0 Å². The summed E-state index contributed by atoms with van der Waals surface area (Å²) in [6, 6.07) is 9.87. The molecule has 0 unspecified atom stereocenters. The molecule has 7 heteroatoms. The van der Waals surface area contributed by atoms with Crippen molar-refractivity contribution in [2.75, 3.05) is 17.6 Å². The molecular formula is C14H15BrN2O3S. The quantitative estimate of drug-likeness (QED) is 0.809. The number of nitrogens with two attached hydrogens (primary N) is 1. The van der Waals surface area contributed by atoms with Crippen molar-refractivity contribution in [3.63, 3.8) is 0 Å². The van der Waals surface area contributed by atoms with E-state index in [0.717, 1.165) is 5.56 Å². The zero-order chi connectivity index (χ0) is 15.6. The second-order valence-electron chi connectivity index (χ2n) is 4.50. The molecule has 0 atom stereocenters. The van der Waals surface area contributed by atoms with Crippen LogP contribution < -0.4 is 15.2 Å². The largest absolute Gasteiger partial charge is 0.495 e. The summed E-state index contributed by atoms with van der Waals surface area (Å²) in [4.78, 5) is 0.0751. The Balaban J connectivity index is 2.47. The van der Waals surface area contributed by atoms with E-state index in [4.69, 9.17) is 10.5 Å². The van der Waals surface area contributed by atoms with Crippen LogP contribution in [0.2, 0.25) is 0 Å². The van der Waals surface area contributed by atoms with Crippen LogP contribution in [0.1, 0.15) is 5.56 Å². The van der Waals surface area contributed by atoms with E-state index < -0.39 is 10.0 Å². The first kappa shape index (κ1) is 15.7. The Hall–Kier alpha value is -1.73. The smallest absolute Gasteiger partial charge is 0.263 e. The Kier molecular flexibility index (Phi) is 4.43. The molecule has 2 rings (SSSR count). The van der Waals surface area contributed by atoms with E-state index in [-0.39, 0.29) is 4.90 Å². The number of sulfonamides is 1. The maximum atomic E-state index is 12.5. The molecule has 0 saturated carbocycles. The van der Waals surface area contributed by atoms with Crippen molar-refractivity contribution in [2.24, 2.45) is 0 Å². The van der Waals surface area contributed by atoms with Gasteiger partial charge in [-0.1, -0.05) is 6.07 Å². The lowest BCUT2D eigenvalue weighted by atomic mass is 10.2. The average Bonchev–Trinajstić information content (AvgIpc) is 2.41. The molecule has 5 nitrogen and oxygen atoms in total. The molecule has 0 amide bonds. The van der Waals surface area contributed by atoms with Crippen molar-refractivity contribution >= 4 is 37.3 Å². The highest BCUT2D eigenvalue weighted by Crippen LogP contribution is 2.30. The lowest BCUT2D eigenvalue weighted by Gasteiger charge is -2.13. The Morgan fingerprint density at radius 2 is 1.90 bits per heavy atom. The Morgan fingerprint density at radius 3 is 2.57 bits per heavy atom. The summed E-state index contributed by atoms with van der Waals surface area (Å²) in [6.07, 6.45) is 0. The monoisotopic (exact) mass is 370 g/mol. The van der Waals surface area contributed by atoms with Crippen molar-refractivity contribution in [3.8, 4) is 5.75 Å². The fraction of sp³-hybridized carbons (Fsp3) is 0.143. The Bertz CT molecular complexity index is 776. The molecule has 21 heavy (non-hydrogen) atoms. The van der Waals surface area contributed by atoms with Crippen LogP contribution in [-0.4, -0.2) is 15.5 Å². The number of anilines is 2. The van der Waals surface area contributed by atoms with Gasteiger partial charge in [-0.25, -0.2) is 8.42 Å². The number of benzene rings is 2. The van der Waals surface area contributed by atoms with Crippen LogP contribution in [-0.2, 0) is 10.0 Å². The number of ether oxygens (including phenoxy) is 1. The molecule has 0 radical (unpaired) electrons. The van der Waals surface area contributed by atoms with Gasteiger partial charge in [-0.2, -0.15) is 0 Å². The van der Waals surface area contributed by atoms with Crippen molar-refractivity contribution in [1.82, 2.24) is 0 Å². The highest BCUT2D eigenvalue weighted by atomic mass is 79.9. The number of halogens is 1. The molecule has 2 aromatic rings. The van der Waals surface area contributed by atoms with Gasteiger partial charge < -0.3 is 10.5 Å². The van der Waals surface area contributed by atoms with E-state index in [0.29, 0.717) is 21.6 Å². The number of nitrogens with one attached hydrogen (secondary N) is 1. The Labute approximate surface area is 132 Å². The van der Waals surface area contributed by atoms with Gasteiger partial charge in [-0.3, -0.25) is 4.72 Å². The number of aryl methyl sites for hydroxylation is 1. The molecule has 0 aromatic heterocycles. The summed E-state index contributed by atoms with van der Waals surface area (Å²) in [5, 5.41) is 0. The van der Waals surface area contributed by atoms with Gasteiger partial charge in [0, 0.05) is 10.2 Å². The van der Waals surface area contributed by atoms with Crippen molar-refractivity contribution < 1.29 is 13.2 Å². The lowest BCUT2D eigenvalue weighted by Crippen LogP contribution is -2.14. The molecule has 0 heterocycles. The van der Waals surface area contributed by atoms with Crippen molar-refractivity contribution in [3.05, 3.63) is 46.4 Å². The number of hydrogen-bond acceptors (Lipinski definition) is 4. The molecule has 0 fully saturated rings. The average molecular weight is 371 g/mol. The molecule has 0 aliphatic rings. The first-order chi connectivity index (χ1) is 9.83. The minimum absolute atomic E-state index is 0.0751. The highest BCUT2D eigenvalue weighted by Gasteiger charge is 2.20. The SMILES string of the molecule is COc1ccc(C)cc1NS(=O)(=O)c1cc(N)ccc1Br. The normalized spacial score (nSPS) is 11.2. The zero-order valence-corrected chi connectivity index (χ0v) is 14.0. The van der Waals surface area contributed by atoms with Crippen LogP contribution >= 0.6 is 15.9 Å². The summed E-state index contributed by atoms with van der Waals surface area (Å²) in [5.74, 6) is 0.448. The topological polar surface area (TPSA) is 81.4 Å². The third-order valence-corrected chi connectivity index (χ3v) is 5.20. The van der Waals surface area contributed by atoms with Crippen LogP contribution in [0.25, 0.3) is 0 Å². The van der Waals surface area contributed by atoms with Crippen LogP contribution in [0.4, 0.5) is 11.4 Å². The van der Waals surface area contributed by atoms with Crippen LogP contribution in [0.3, 0.4) is 0 Å². The fourth-order valence-corrected chi connectivity index (χ4v) is 3.89. The maximum absolute atomic E-state index is 12.5. The standard InChI is InChI=1S/C14H15BrN2O3S/c1-9-3-6-13(20-2)12(7-9)17-21(18,19)14-8-10(16)4-5-11(14)15/h3-8,17H,16H2,1-2H3. The van der Waals surface area contributed by atoms with E-state index in [2.05, 4.69) is 20.7 Å². The second-order valence-corrected chi connectivity index (χ2v) is 7.00. The Morgan fingerprint density at radius 1 is 1.19 bits per heavy atom. The predicted octanol–water partition coefficient (Wildman–Crippen LogP) is 3.15. The van der Waals surface area contributed by atoms with Crippen LogP contribution in [0, 0.1) is 6.92 Å². The molecule has 0 spiro atoms. The summed E-state index contributed by atoms with van der Waals surface area (Å²) in [5.41, 5.74) is 7.33. The summed E-state index contributed by atoms with van der Waals surface area (Å²) in [6.45, 7) is 1.87. The first-order valence-corrected chi connectivity index (χ1v) is 8.33. The van der Waals surface area contributed by atoms with Crippen LogP contribution in [0.5, 0.6) is 5.75 Å². The zero-order valence-electron chi connectivity index (χ0n) is 11.6. The molecule has 0 aliphatic heterocycles. The van der Waals surface area contributed by atoms with Gasteiger partial charge >= 0.3 is 0 Å².